The van der Waals surface area contributed by atoms with Gasteiger partial charge in [-0.25, -0.2) is 0 Å². The third kappa shape index (κ3) is 4.58. The predicted octanol–water partition coefficient (Wildman–Crippen LogP) is 4.97. The molecule has 2 aromatic carbocycles. The number of methoxy groups -OCH3 is 2. The van der Waals surface area contributed by atoms with Crippen LogP contribution in [-0.2, 0) is 20.6 Å². The number of hydrogen-bond donors (Lipinski definition) is 2. The Morgan fingerprint density at radius 2 is 1.73 bits per heavy atom. The number of benzene rings is 2. The quantitative estimate of drug-likeness (QED) is 0.359. The summed E-state index contributed by atoms with van der Waals surface area (Å²) in [7, 11) is 3.09. The molecule has 3 fully saturated rings. The van der Waals surface area contributed by atoms with Crippen LogP contribution < -0.4 is 19.7 Å². The third-order valence-electron chi connectivity index (χ3n) is 9.75. The summed E-state index contributed by atoms with van der Waals surface area (Å²) in [5, 5.41) is 3.15. The molecule has 236 valence electrons. The van der Waals surface area contributed by atoms with Gasteiger partial charge in [-0.3, -0.25) is 24.1 Å². The molecule has 2 bridgehead atoms. The number of H-pyrrole nitrogens is 1. The smallest absolute Gasteiger partial charge is 0.416 e. The highest BCUT2D eigenvalue weighted by molar-refractivity contribution is 8.00. The van der Waals surface area contributed by atoms with E-state index in [0.717, 1.165) is 43.8 Å². The molecule has 2 N–H and O–H groups in total. The van der Waals surface area contributed by atoms with Crippen molar-refractivity contribution in [2.75, 3.05) is 19.5 Å². The number of halogens is 3. The van der Waals surface area contributed by atoms with Crippen molar-refractivity contribution in [3.05, 3.63) is 68.1 Å². The molecule has 1 saturated heterocycles. The van der Waals surface area contributed by atoms with Gasteiger partial charge in [0.25, 0.3) is 0 Å². The average Bonchev–Trinajstić information content (AvgIpc) is 3.74. The van der Waals surface area contributed by atoms with E-state index < -0.39 is 47.3 Å². The van der Waals surface area contributed by atoms with Crippen molar-refractivity contribution in [1.82, 2.24) is 9.88 Å². The molecular weight excluding hydrogens is 631 g/mol. The fourth-order valence-electron chi connectivity index (χ4n) is 7.98. The van der Waals surface area contributed by atoms with E-state index in [-0.39, 0.29) is 39.5 Å². The number of amides is 3. The number of thioether (sulfide) groups is 1. The van der Waals surface area contributed by atoms with E-state index in [0.29, 0.717) is 17.9 Å². The maximum Gasteiger partial charge on any atom is 0.416 e. The highest BCUT2D eigenvalue weighted by Crippen LogP contribution is 2.68. The van der Waals surface area contributed by atoms with Crippen LogP contribution in [0.2, 0.25) is 0 Å². The molecule has 4 aliphatic rings. The molecule has 7 rings (SSSR count). The number of carbonyl (C=O) groups is 3. The molecule has 2 saturated carbocycles. The number of aromatic amines is 1. The summed E-state index contributed by atoms with van der Waals surface area (Å²) in [6.45, 7) is 1.41. The number of hydrogen-bond acceptors (Lipinski definition) is 8. The van der Waals surface area contributed by atoms with Gasteiger partial charge in [-0.15, -0.1) is 11.8 Å². The van der Waals surface area contributed by atoms with Gasteiger partial charge in [0.2, 0.25) is 17.7 Å². The molecule has 1 aromatic heterocycles. The van der Waals surface area contributed by atoms with E-state index in [9.17, 15) is 32.3 Å². The standard InChI is InChI=1S/C31H28F3N3O6S2/c1-12(26(38)35-15-6-4-5-14(10-15)31(32,33)34)37-28(39)22-16-11-17(23(22)29(37)40)24-21(16)20(25-27(44-24)36-30(41)45-25)13-7-8-18(42-2)19(9-13)43-3/h4-10,12,16-17,20-24H,11H2,1-3H3,(H,35,38)(H,36,41). The van der Waals surface area contributed by atoms with Gasteiger partial charge < -0.3 is 19.8 Å². The van der Waals surface area contributed by atoms with E-state index >= 15 is 0 Å². The summed E-state index contributed by atoms with van der Waals surface area (Å²) in [5.74, 6) is -2.41. The average molecular weight is 660 g/mol. The van der Waals surface area contributed by atoms with Gasteiger partial charge in [-0.05, 0) is 67.0 Å². The number of thiazole rings is 1. The van der Waals surface area contributed by atoms with Crippen molar-refractivity contribution in [2.24, 2.45) is 29.6 Å². The monoisotopic (exact) mass is 659 g/mol. The SMILES string of the molecule is COc1ccc(C2c3sc(=O)[nH]c3SC3C4CC(C5C(=O)N(C(C)C(=O)Nc6cccc(C(F)(F)F)c6)C(=O)C45)C23)cc1OC. The maximum absolute atomic E-state index is 14.0. The Labute approximate surface area is 263 Å². The highest BCUT2D eigenvalue weighted by Gasteiger charge is 2.70. The molecule has 3 amide bonds. The first-order valence-corrected chi connectivity index (χ1v) is 16.1. The lowest BCUT2D eigenvalue weighted by molar-refractivity contribution is -0.146. The van der Waals surface area contributed by atoms with Crippen LogP contribution in [0, 0.1) is 29.6 Å². The van der Waals surface area contributed by atoms with Crippen molar-refractivity contribution in [3.63, 3.8) is 0 Å². The number of alkyl halides is 3. The predicted molar refractivity (Wildman–Crippen MR) is 159 cm³/mol. The number of carbonyl (C=O) groups excluding carboxylic acids is 3. The highest BCUT2D eigenvalue weighted by atomic mass is 32.2. The number of imide groups is 1. The number of anilines is 1. The summed E-state index contributed by atoms with van der Waals surface area (Å²) in [5.41, 5.74) is -0.0984. The van der Waals surface area contributed by atoms with E-state index in [2.05, 4.69) is 10.3 Å². The molecule has 0 radical (unpaired) electrons. The zero-order valence-electron chi connectivity index (χ0n) is 24.2. The molecule has 8 atom stereocenters. The second-order valence-corrected chi connectivity index (χ2v) is 14.1. The second-order valence-electron chi connectivity index (χ2n) is 11.9. The van der Waals surface area contributed by atoms with Crippen molar-refractivity contribution in [2.45, 2.75) is 41.8 Å². The van der Waals surface area contributed by atoms with Gasteiger partial charge in [-0.2, -0.15) is 13.2 Å². The number of nitrogens with zero attached hydrogens (tertiary/aromatic N) is 1. The summed E-state index contributed by atoms with van der Waals surface area (Å²) < 4.78 is 50.6. The van der Waals surface area contributed by atoms with E-state index in [1.807, 2.05) is 18.2 Å². The summed E-state index contributed by atoms with van der Waals surface area (Å²) in [4.78, 5) is 58.3. The number of rotatable bonds is 6. The first kappa shape index (κ1) is 29.9. The largest absolute Gasteiger partial charge is 0.493 e. The summed E-state index contributed by atoms with van der Waals surface area (Å²) in [6.07, 6.45) is -3.93. The Morgan fingerprint density at radius 1 is 1.02 bits per heavy atom. The van der Waals surface area contributed by atoms with Crippen LogP contribution in [0.1, 0.15) is 35.3 Å². The van der Waals surface area contributed by atoms with Crippen LogP contribution in [0.5, 0.6) is 11.5 Å². The van der Waals surface area contributed by atoms with Crippen LogP contribution in [-0.4, -0.2) is 53.1 Å². The van der Waals surface area contributed by atoms with Gasteiger partial charge in [-0.1, -0.05) is 23.5 Å². The Bertz CT molecular complexity index is 1790. The Morgan fingerprint density at radius 3 is 2.42 bits per heavy atom. The van der Waals surface area contributed by atoms with Gasteiger partial charge in [0, 0.05) is 21.7 Å². The van der Waals surface area contributed by atoms with Crippen molar-refractivity contribution < 1.29 is 37.0 Å². The lowest BCUT2D eigenvalue weighted by atomic mass is 9.68. The van der Waals surface area contributed by atoms with Crippen LogP contribution >= 0.6 is 23.1 Å². The minimum atomic E-state index is -4.59. The van der Waals surface area contributed by atoms with Crippen molar-refractivity contribution >= 4 is 46.5 Å². The zero-order valence-corrected chi connectivity index (χ0v) is 25.8. The molecule has 9 nitrogen and oxygen atoms in total. The van der Waals surface area contributed by atoms with Crippen LogP contribution in [0.3, 0.4) is 0 Å². The van der Waals surface area contributed by atoms with Crippen LogP contribution in [0.4, 0.5) is 18.9 Å². The van der Waals surface area contributed by atoms with Crippen molar-refractivity contribution in [1.29, 1.82) is 0 Å². The minimum absolute atomic E-state index is 0.0574. The van der Waals surface area contributed by atoms with Gasteiger partial charge in [0.15, 0.2) is 11.5 Å². The third-order valence-corrected chi connectivity index (χ3v) is 12.3. The van der Waals surface area contributed by atoms with E-state index in [1.54, 1.807) is 26.0 Å². The van der Waals surface area contributed by atoms with E-state index in [1.165, 1.54) is 19.1 Å². The number of fused-ring (bicyclic) bond motifs is 9. The summed E-state index contributed by atoms with van der Waals surface area (Å²) in [6, 6.07) is 8.62. The van der Waals surface area contributed by atoms with Crippen LogP contribution in [0.25, 0.3) is 0 Å². The molecule has 14 heteroatoms. The lowest BCUT2D eigenvalue weighted by Crippen LogP contribution is -2.46. The Kier molecular flexibility index (Phi) is 7.08. The Hall–Kier alpha value is -3.78. The minimum Gasteiger partial charge on any atom is -0.493 e. The van der Waals surface area contributed by atoms with E-state index in [4.69, 9.17) is 9.47 Å². The van der Waals surface area contributed by atoms with Crippen LogP contribution in [0.15, 0.2) is 52.3 Å². The number of aromatic nitrogens is 1. The summed E-state index contributed by atoms with van der Waals surface area (Å²) >= 11 is 2.69. The molecule has 3 aromatic rings. The second kappa shape index (κ2) is 10.6. The Balaban J connectivity index is 1.19. The van der Waals surface area contributed by atoms with Gasteiger partial charge in [0.1, 0.15) is 6.04 Å². The molecule has 45 heavy (non-hydrogen) atoms. The number of ether oxygens (including phenoxy) is 2. The fraction of sp³-hybridized carbons (Fsp3) is 0.419. The molecule has 2 aliphatic carbocycles. The number of nitrogens with one attached hydrogen (secondary N) is 2. The first-order chi connectivity index (χ1) is 21.4. The molecule has 0 spiro atoms. The zero-order chi connectivity index (χ0) is 31.9. The van der Waals surface area contributed by atoms with Gasteiger partial charge >= 0.3 is 11.0 Å². The van der Waals surface area contributed by atoms with Gasteiger partial charge in [0.05, 0.1) is 36.6 Å². The number of likely N-dealkylation sites (tertiary alicyclic amines) is 1. The molecule has 3 heterocycles. The maximum atomic E-state index is 14.0. The topological polar surface area (TPSA) is 118 Å². The normalized spacial score (nSPS) is 28.8. The van der Waals surface area contributed by atoms with Crippen molar-refractivity contribution in [3.8, 4) is 11.5 Å². The fourth-order valence-corrected chi connectivity index (χ4v) is 10.9. The molecule has 8 unspecified atom stereocenters. The molecule has 2 aliphatic heterocycles. The molecular formula is C31H28F3N3O6S2. The first-order valence-electron chi connectivity index (χ1n) is 14.4. The lowest BCUT2D eigenvalue weighted by Gasteiger charge is -2.43.